The Hall–Kier alpha value is -2.22. The molecule has 130 valence electrons. The summed E-state index contributed by atoms with van der Waals surface area (Å²) < 4.78 is 16.9. The lowest BCUT2D eigenvalue weighted by Crippen LogP contribution is -2.46. The third kappa shape index (κ3) is 3.33. The molecule has 0 spiro atoms. The number of rotatable bonds is 4. The molecule has 3 heterocycles. The Balaban J connectivity index is 1.78. The minimum absolute atomic E-state index is 0.141. The van der Waals surface area contributed by atoms with Crippen molar-refractivity contribution in [3.8, 4) is 0 Å². The third-order valence-electron chi connectivity index (χ3n) is 3.86. The first-order valence-corrected chi connectivity index (χ1v) is 8.19. The number of morpholine rings is 1. The summed E-state index contributed by atoms with van der Waals surface area (Å²) >= 11 is 0. The van der Waals surface area contributed by atoms with E-state index in [9.17, 15) is 4.79 Å². The molecule has 2 aromatic rings. The largest absolute Gasteiger partial charge is 0.435 e. The number of aromatic nitrogens is 3. The second-order valence-electron chi connectivity index (χ2n) is 6.08. The van der Waals surface area contributed by atoms with Crippen LogP contribution in [0.25, 0.3) is 0 Å². The monoisotopic (exact) mass is 334 g/mol. The molecule has 1 aliphatic rings. The molecular formula is C16H22N4O4. The van der Waals surface area contributed by atoms with Crippen LogP contribution in [0.4, 0.5) is 0 Å². The van der Waals surface area contributed by atoms with Crippen LogP contribution in [0.3, 0.4) is 0 Å². The quantitative estimate of drug-likeness (QED) is 0.846. The maximum Gasteiger partial charge on any atom is 0.291 e. The molecule has 24 heavy (non-hydrogen) atoms. The van der Waals surface area contributed by atoms with E-state index in [2.05, 4.69) is 15.2 Å². The van der Waals surface area contributed by atoms with Crippen LogP contribution < -0.4 is 0 Å². The highest BCUT2D eigenvalue weighted by molar-refractivity contribution is 5.92. The van der Waals surface area contributed by atoms with Crippen molar-refractivity contribution in [2.24, 2.45) is 0 Å². The molecule has 1 aliphatic heterocycles. The van der Waals surface area contributed by atoms with E-state index in [1.165, 1.54) is 0 Å². The van der Waals surface area contributed by atoms with Crippen molar-refractivity contribution in [2.75, 3.05) is 13.1 Å². The highest BCUT2D eigenvalue weighted by Gasteiger charge is 2.34. The summed E-state index contributed by atoms with van der Waals surface area (Å²) in [4.78, 5) is 18.9. The maximum absolute atomic E-state index is 12.8. The summed E-state index contributed by atoms with van der Waals surface area (Å²) in [5, 5.41) is 7.83. The van der Waals surface area contributed by atoms with E-state index < -0.39 is 6.10 Å². The van der Waals surface area contributed by atoms with Gasteiger partial charge in [-0.15, -0.1) is 10.2 Å². The van der Waals surface area contributed by atoms with Crippen molar-refractivity contribution in [3.05, 3.63) is 29.1 Å². The van der Waals surface area contributed by atoms with Crippen molar-refractivity contribution >= 4 is 5.91 Å². The molecule has 8 nitrogen and oxygen atoms in total. The predicted molar refractivity (Wildman–Crippen MR) is 83.5 cm³/mol. The van der Waals surface area contributed by atoms with Crippen LogP contribution in [0, 0.1) is 13.8 Å². The highest BCUT2D eigenvalue weighted by Crippen LogP contribution is 2.26. The number of aryl methyl sites for hydroxylation is 3. The first-order chi connectivity index (χ1) is 11.5. The van der Waals surface area contributed by atoms with Gasteiger partial charge in [-0.05, 0) is 20.3 Å². The van der Waals surface area contributed by atoms with Crippen LogP contribution in [0.5, 0.6) is 0 Å². The molecule has 0 aliphatic carbocycles. The summed E-state index contributed by atoms with van der Waals surface area (Å²) in [6.07, 6.45) is 1.06. The Morgan fingerprint density at radius 2 is 2.04 bits per heavy atom. The van der Waals surface area contributed by atoms with Gasteiger partial charge >= 0.3 is 0 Å². The van der Waals surface area contributed by atoms with E-state index in [1.807, 2.05) is 13.8 Å². The fourth-order valence-corrected chi connectivity index (χ4v) is 2.81. The van der Waals surface area contributed by atoms with Crippen molar-refractivity contribution in [3.63, 3.8) is 0 Å². The molecule has 0 saturated carbocycles. The number of ether oxygens (including phenoxy) is 1. The molecule has 0 radical (unpaired) electrons. The molecule has 0 N–H and O–H groups in total. The summed E-state index contributed by atoms with van der Waals surface area (Å²) in [5.74, 6) is 1.58. The lowest BCUT2D eigenvalue weighted by molar-refractivity contribution is -0.0802. The number of oxazole rings is 1. The van der Waals surface area contributed by atoms with Gasteiger partial charge in [0.05, 0.1) is 18.3 Å². The van der Waals surface area contributed by atoms with Crippen molar-refractivity contribution in [2.45, 2.75) is 52.7 Å². The number of carbonyl (C=O) groups is 1. The molecule has 3 rings (SSSR count). The first kappa shape index (κ1) is 16.6. The zero-order valence-corrected chi connectivity index (χ0v) is 14.4. The predicted octanol–water partition coefficient (Wildman–Crippen LogP) is 2.23. The van der Waals surface area contributed by atoms with E-state index in [1.54, 1.807) is 18.7 Å². The summed E-state index contributed by atoms with van der Waals surface area (Å²) in [7, 11) is 0. The highest BCUT2D eigenvalue weighted by atomic mass is 16.5. The molecule has 1 fully saturated rings. The van der Waals surface area contributed by atoms with Crippen molar-refractivity contribution in [1.82, 2.24) is 20.1 Å². The van der Waals surface area contributed by atoms with E-state index >= 15 is 0 Å². The molecule has 0 unspecified atom stereocenters. The average Bonchev–Trinajstić information content (AvgIpc) is 3.12. The van der Waals surface area contributed by atoms with Crippen molar-refractivity contribution in [1.29, 1.82) is 0 Å². The van der Waals surface area contributed by atoms with Crippen LogP contribution in [-0.2, 0) is 11.2 Å². The summed E-state index contributed by atoms with van der Waals surface area (Å²) in [6.45, 7) is 8.28. The molecule has 0 aromatic carbocycles. The number of nitrogens with zero attached hydrogens (tertiary/aromatic N) is 4. The minimum atomic E-state index is -0.433. The Kier molecular flexibility index (Phi) is 4.66. The second-order valence-corrected chi connectivity index (χ2v) is 6.08. The summed E-state index contributed by atoms with van der Waals surface area (Å²) in [6, 6.07) is 0. The summed E-state index contributed by atoms with van der Waals surface area (Å²) in [5.41, 5.74) is 0.618. The van der Waals surface area contributed by atoms with Gasteiger partial charge in [0, 0.05) is 19.9 Å². The van der Waals surface area contributed by atoms with E-state index in [0.29, 0.717) is 42.2 Å². The Morgan fingerprint density at radius 1 is 1.25 bits per heavy atom. The molecule has 2 aromatic heterocycles. The molecule has 2 atom stereocenters. The third-order valence-corrected chi connectivity index (χ3v) is 3.86. The SMILES string of the molecule is CCCc1nc(C)c(C(=O)N2C[C@@H](C)O[C@@H](c3nnc(C)o3)C2)o1. The topological polar surface area (TPSA) is 94.5 Å². The van der Waals surface area contributed by atoms with E-state index in [0.717, 1.165) is 12.8 Å². The van der Waals surface area contributed by atoms with Gasteiger partial charge in [0.15, 0.2) is 12.0 Å². The van der Waals surface area contributed by atoms with Gasteiger partial charge in [-0.2, -0.15) is 0 Å². The molecule has 8 heteroatoms. The van der Waals surface area contributed by atoms with Crippen LogP contribution in [0.2, 0.25) is 0 Å². The molecule has 1 saturated heterocycles. The van der Waals surface area contributed by atoms with Gasteiger partial charge in [-0.25, -0.2) is 4.98 Å². The minimum Gasteiger partial charge on any atom is -0.435 e. The Labute approximate surface area is 140 Å². The van der Waals surface area contributed by atoms with Gasteiger partial charge in [-0.3, -0.25) is 4.79 Å². The fourth-order valence-electron chi connectivity index (χ4n) is 2.81. The number of amides is 1. The molecule has 1 amide bonds. The number of hydrogen-bond donors (Lipinski definition) is 0. The zero-order chi connectivity index (χ0) is 17.3. The van der Waals surface area contributed by atoms with Gasteiger partial charge in [0.2, 0.25) is 17.5 Å². The Morgan fingerprint density at radius 3 is 2.71 bits per heavy atom. The average molecular weight is 334 g/mol. The van der Waals surface area contributed by atoms with E-state index in [4.69, 9.17) is 13.6 Å². The lowest BCUT2D eigenvalue weighted by atomic mass is 10.2. The fraction of sp³-hybridized carbons (Fsp3) is 0.625. The number of hydrogen-bond acceptors (Lipinski definition) is 7. The zero-order valence-electron chi connectivity index (χ0n) is 14.4. The van der Waals surface area contributed by atoms with Crippen LogP contribution >= 0.6 is 0 Å². The van der Waals surface area contributed by atoms with Crippen LogP contribution in [0.1, 0.15) is 60.3 Å². The molecule has 0 bridgehead atoms. The standard InChI is InChI=1S/C16H22N4O4/c1-5-6-13-17-10(3)14(24-13)16(21)20-7-9(2)22-12(8-20)15-19-18-11(4)23-15/h9,12H,5-8H2,1-4H3/t9-,12-/m1/s1. The first-order valence-electron chi connectivity index (χ1n) is 8.19. The second kappa shape index (κ2) is 6.72. The van der Waals surface area contributed by atoms with Gasteiger partial charge in [0.25, 0.3) is 5.91 Å². The van der Waals surface area contributed by atoms with Crippen LogP contribution in [0.15, 0.2) is 8.83 Å². The van der Waals surface area contributed by atoms with Gasteiger partial charge < -0.3 is 18.5 Å². The van der Waals surface area contributed by atoms with E-state index in [-0.39, 0.29) is 12.0 Å². The smallest absolute Gasteiger partial charge is 0.291 e. The molecular weight excluding hydrogens is 312 g/mol. The normalized spacial score (nSPS) is 21.2. The van der Waals surface area contributed by atoms with Crippen molar-refractivity contribution < 1.29 is 18.4 Å². The van der Waals surface area contributed by atoms with Gasteiger partial charge in [-0.1, -0.05) is 6.92 Å². The van der Waals surface area contributed by atoms with Gasteiger partial charge in [0.1, 0.15) is 0 Å². The lowest BCUT2D eigenvalue weighted by Gasteiger charge is -2.34. The van der Waals surface area contributed by atoms with Crippen LogP contribution in [-0.4, -0.2) is 45.2 Å². The maximum atomic E-state index is 12.8. The Bertz CT molecular complexity index is 723. The number of carbonyl (C=O) groups excluding carboxylic acids is 1.